The molecule has 18 heavy (non-hydrogen) atoms. The highest BCUT2D eigenvalue weighted by atomic mass is 32.2. The fourth-order valence-corrected chi connectivity index (χ4v) is 2.64. The minimum atomic E-state index is -4.22. The van der Waals surface area contributed by atoms with Gasteiger partial charge in [0.1, 0.15) is 4.90 Å². The van der Waals surface area contributed by atoms with Crippen molar-refractivity contribution in [2.75, 3.05) is 0 Å². The van der Waals surface area contributed by atoms with Gasteiger partial charge in [-0.3, -0.25) is 4.55 Å². The van der Waals surface area contributed by atoms with E-state index in [1.165, 1.54) is 6.07 Å². The predicted octanol–water partition coefficient (Wildman–Crippen LogP) is 3.22. The fourth-order valence-electron chi connectivity index (χ4n) is 1.95. The first kappa shape index (κ1) is 12.8. The third-order valence-electron chi connectivity index (χ3n) is 2.85. The molecule has 0 saturated carbocycles. The van der Waals surface area contributed by atoms with Crippen LogP contribution in [0.3, 0.4) is 0 Å². The van der Waals surface area contributed by atoms with Gasteiger partial charge in [-0.15, -0.1) is 0 Å². The third kappa shape index (κ3) is 2.44. The van der Waals surface area contributed by atoms with E-state index in [0.717, 1.165) is 16.7 Å². The molecule has 0 unspecified atom stereocenters. The molecule has 0 aliphatic heterocycles. The number of rotatable bonds is 2. The summed E-state index contributed by atoms with van der Waals surface area (Å²) < 4.78 is 32.1. The highest BCUT2D eigenvalue weighted by Crippen LogP contribution is 2.30. The van der Waals surface area contributed by atoms with Gasteiger partial charge in [0.05, 0.1) is 0 Å². The summed E-state index contributed by atoms with van der Waals surface area (Å²) in [7, 11) is -4.22. The molecule has 0 aliphatic rings. The van der Waals surface area contributed by atoms with Crippen molar-refractivity contribution < 1.29 is 13.0 Å². The molecule has 0 atom stereocenters. The van der Waals surface area contributed by atoms with Crippen LogP contribution in [-0.4, -0.2) is 13.0 Å². The average Bonchev–Trinajstić information content (AvgIpc) is 2.27. The van der Waals surface area contributed by atoms with E-state index in [1.807, 2.05) is 38.1 Å². The Morgan fingerprint density at radius 1 is 0.944 bits per heavy atom. The van der Waals surface area contributed by atoms with E-state index in [1.54, 1.807) is 12.1 Å². The van der Waals surface area contributed by atoms with E-state index in [2.05, 4.69) is 0 Å². The van der Waals surface area contributed by atoms with Gasteiger partial charge in [-0.05, 0) is 31.0 Å². The highest BCUT2D eigenvalue weighted by molar-refractivity contribution is 7.86. The molecule has 2 aromatic carbocycles. The molecule has 0 saturated heterocycles. The average molecular weight is 262 g/mol. The van der Waals surface area contributed by atoms with Crippen molar-refractivity contribution in [3.8, 4) is 11.1 Å². The Morgan fingerprint density at radius 3 is 2.22 bits per heavy atom. The molecule has 0 heterocycles. The molecule has 94 valence electrons. The van der Waals surface area contributed by atoms with E-state index < -0.39 is 10.1 Å². The molecule has 0 aliphatic carbocycles. The Hall–Kier alpha value is -1.65. The summed E-state index contributed by atoms with van der Waals surface area (Å²) in [6.45, 7) is 3.79. The van der Waals surface area contributed by atoms with Crippen LogP contribution in [0.15, 0.2) is 47.4 Å². The van der Waals surface area contributed by atoms with Crippen LogP contribution in [0.1, 0.15) is 11.1 Å². The Bertz CT molecular complexity index is 688. The lowest BCUT2D eigenvalue weighted by Gasteiger charge is -2.11. The van der Waals surface area contributed by atoms with Crippen LogP contribution in [-0.2, 0) is 10.1 Å². The van der Waals surface area contributed by atoms with Crippen molar-refractivity contribution in [2.24, 2.45) is 0 Å². The van der Waals surface area contributed by atoms with Gasteiger partial charge in [-0.2, -0.15) is 8.42 Å². The lowest BCUT2D eigenvalue weighted by atomic mass is 9.99. The van der Waals surface area contributed by atoms with E-state index in [9.17, 15) is 13.0 Å². The number of hydrogen-bond donors (Lipinski definition) is 1. The summed E-state index contributed by atoms with van der Waals surface area (Å²) in [5.74, 6) is 0. The fraction of sp³-hybridized carbons (Fsp3) is 0.143. The Balaban J connectivity index is 2.79. The first-order valence-corrected chi connectivity index (χ1v) is 6.98. The van der Waals surface area contributed by atoms with Crippen molar-refractivity contribution in [1.29, 1.82) is 0 Å². The Labute approximate surface area is 107 Å². The molecule has 4 heteroatoms. The van der Waals surface area contributed by atoms with Crippen molar-refractivity contribution in [1.82, 2.24) is 0 Å². The molecular weight excluding hydrogens is 248 g/mol. The van der Waals surface area contributed by atoms with Crippen LogP contribution in [0.25, 0.3) is 11.1 Å². The van der Waals surface area contributed by atoms with E-state index in [4.69, 9.17) is 0 Å². The molecule has 2 rings (SSSR count). The van der Waals surface area contributed by atoms with Gasteiger partial charge in [0.15, 0.2) is 0 Å². The largest absolute Gasteiger partial charge is 0.295 e. The normalized spacial score (nSPS) is 11.5. The van der Waals surface area contributed by atoms with Gasteiger partial charge in [-0.25, -0.2) is 0 Å². The van der Waals surface area contributed by atoms with Gasteiger partial charge in [0.2, 0.25) is 0 Å². The molecule has 0 amide bonds. The zero-order valence-corrected chi connectivity index (χ0v) is 11.0. The Kier molecular flexibility index (Phi) is 3.24. The number of hydrogen-bond acceptors (Lipinski definition) is 2. The second-order valence-corrected chi connectivity index (χ2v) is 5.68. The third-order valence-corrected chi connectivity index (χ3v) is 3.76. The standard InChI is InChI=1S/C14H14O3S/c1-10-7-8-14(18(15,16)17)13(9-10)12-6-4-3-5-11(12)2/h3-9H,1-2H3,(H,15,16,17). The van der Waals surface area contributed by atoms with Crippen LogP contribution < -0.4 is 0 Å². The van der Waals surface area contributed by atoms with Gasteiger partial charge in [0.25, 0.3) is 10.1 Å². The topological polar surface area (TPSA) is 54.4 Å². The highest BCUT2D eigenvalue weighted by Gasteiger charge is 2.17. The summed E-state index contributed by atoms with van der Waals surface area (Å²) >= 11 is 0. The molecule has 0 radical (unpaired) electrons. The number of benzene rings is 2. The van der Waals surface area contributed by atoms with Crippen molar-refractivity contribution >= 4 is 10.1 Å². The first-order chi connectivity index (χ1) is 8.39. The van der Waals surface area contributed by atoms with E-state index >= 15 is 0 Å². The summed E-state index contributed by atoms with van der Waals surface area (Å²) in [5, 5.41) is 0. The van der Waals surface area contributed by atoms with Crippen molar-refractivity contribution in [3.63, 3.8) is 0 Å². The van der Waals surface area contributed by atoms with Crippen LogP contribution in [0.4, 0.5) is 0 Å². The predicted molar refractivity (Wildman–Crippen MR) is 71.2 cm³/mol. The van der Waals surface area contributed by atoms with Gasteiger partial charge in [0, 0.05) is 5.56 Å². The van der Waals surface area contributed by atoms with Crippen LogP contribution >= 0.6 is 0 Å². The summed E-state index contributed by atoms with van der Waals surface area (Å²) in [4.78, 5) is -0.0533. The van der Waals surface area contributed by atoms with Crippen LogP contribution in [0.5, 0.6) is 0 Å². The Morgan fingerprint density at radius 2 is 1.61 bits per heavy atom. The number of aryl methyl sites for hydroxylation is 2. The minimum absolute atomic E-state index is 0.0533. The zero-order valence-electron chi connectivity index (χ0n) is 10.2. The molecule has 3 nitrogen and oxygen atoms in total. The maximum Gasteiger partial charge on any atom is 0.295 e. The second kappa shape index (κ2) is 4.55. The lowest BCUT2D eigenvalue weighted by Crippen LogP contribution is -2.01. The molecular formula is C14H14O3S. The molecule has 0 spiro atoms. The van der Waals surface area contributed by atoms with Crippen molar-refractivity contribution in [3.05, 3.63) is 53.6 Å². The van der Waals surface area contributed by atoms with Crippen LogP contribution in [0, 0.1) is 13.8 Å². The molecule has 1 N–H and O–H groups in total. The smallest absolute Gasteiger partial charge is 0.282 e. The van der Waals surface area contributed by atoms with Gasteiger partial charge >= 0.3 is 0 Å². The first-order valence-electron chi connectivity index (χ1n) is 5.54. The maximum atomic E-state index is 11.4. The zero-order chi connectivity index (χ0) is 13.3. The van der Waals surface area contributed by atoms with Crippen molar-refractivity contribution in [2.45, 2.75) is 18.7 Å². The van der Waals surface area contributed by atoms with Gasteiger partial charge < -0.3 is 0 Å². The maximum absolute atomic E-state index is 11.4. The van der Waals surface area contributed by atoms with E-state index in [-0.39, 0.29) is 4.90 Å². The summed E-state index contributed by atoms with van der Waals surface area (Å²) in [5.41, 5.74) is 3.26. The molecule has 2 aromatic rings. The van der Waals surface area contributed by atoms with Gasteiger partial charge in [-0.1, -0.05) is 42.0 Å². The molecule has 0 fully saturated rings. The minimum Gasteiger partial charge on any atom is -0.282 e. The quantitative estimate of drug-likeness (QED) is 0.845. The second-order valence-electron chi connectivity index (χ2n) is 4.29. The summed E-state index contributed by atoms with van der Waals surface area (Å²) in [6.07, 6.45) is 0. The van der Waals surface area contributed by atoms with Crippen LogP contribution in [0.2, 0.25) is 0 Å². The van der Waals surface area contributed by atoms with E-state index in [0.29, 0.717) is 5.56 Å². The monoisotopic (exact) mass is 262 g/mol. The molecule has 0 aromatic heterocycles. The lowest BCUT2D eigenvalue weighted by molar-refractivity contribution is 0.483. The SMILES string of the molecule is Cc1ccc(S(=O)(=O)O)c(-c2ccccc2C)c1. The molecule has 0 bridgehead atoms. The summed E-state index contributed by atoms with van der Waals surface area (Å²) in [6, 6.07) is 12.4.